The Morgan fingerprint density at radius 1 is 0.800 bits per heavy atom. The molecule has 25 heavy (non-hydrogen) atoms. The van der Waals surface area contributed by atoms with E-state index in [9.17, 15) is 4.79 Å². The topological polar surface area (TPSA) is 41.1 Å². The van der Waals surface area contributed by atoms with E-state index in [2.05, 4.69) is 65.2 Å². The van der Waals surface area contributed by atoms with Crippen molar-refractivity contribution >= 4 is 16.7 Å². The highest BCUT2D eigenvalue weighted by Crippen LogP contribution is 2.17. The maximum absolute atomic E-state index is 12.4. The van der Waals surface area contributed by atoms with Gasteiger partial charge >= 0.3 is 0 Å². The van der Waals surface area contributed by atoms with Crippen LogP contribution in [0.3, 0.4) is 0 Å². The van der Waals surface area contributed by atoms with Gasteiger partial charge in [0.05, 0.1) is 6.04 Å². The Morgan fingerprint density at radius 3 is 2.36 bits per heavy atom. The van der Waals surface area contributed by atoms with Gasteiger partial charge in [0.15, 0.2) is 0 Å². The number of carbonyl (C=O) groups excluding carboxylic acids is 1. The zero-order valence-corrected chi connectivity index (χ0v) is 14.1. The van der Waals surface area contributed by atoms with E-state index in [1.54, 1.807) is 0 Å². The van der Waals surface area contributed by atoms with Crippen LogP contribution in [0.15, 0.2) is 72.8 Å². The molecule has 0 bridgehead atoms. The average molecular weight is 330 g/mol. The molecule has 0 spiro atoms. The fraction of sp³-hybridized carbons (Fsp3) is 0.227. The zero-order valence-electron chi connectivity index (χ0n) is 14.1. The molecule has 3 heteroatoms. The van der Waals surface area contributed by atoms with E-state index in [0.29, 0.717) is 0 Å². The Labute approximate surface area is 148 Å². The van der Waals surface area contributed by atoms with Gasteiger partial charge in [-0.3, -0.25) is 4.79 Å². The van der Waals surface area contributed by atoms with Crippen LogP contribution >= 0.6 is 0 Å². The highest BCUT2D eigenvalue weighted by atomic mass is 16.2. The first-order valence-corrected chi connectivity index (χ1v) is 8.83. The van der Waals surface area contributed by atoms with Crippen molar-refractivity contribution in [3.63, 3.8) is 0 Å². The quantitative estimate of drug-likeness (QED) is 0.772. The van der Waals surface area contributed by atoms with E-state index in [-0.39, 0.29) is 18.0 Å². The van der Waals surface area contributed by atoms with Crippen molar-refractivity contribution in [1.29, 1.82) is 0 Å². The Bertz CT molecular complexity index is 875. The third-order valence-electron chi connectivity index (χ3n) is 4.85. The van der Waals surface area contributed by atoms with Crippen LogP contribution in [0.25, 0.3) is 10.8 Å². The number of rotatable bonds is 4. The molecule has 1 aliphatic heterocycles. The lowest BCUT2D eigenvalue weighted by atomic mass is 9.98. The molecule has 0 unspecified atom stereocenters. The Balaban J connectivity index is 1.39. The molecule has 126 valence electrons. The second-order valence-corrected chi connectivity index (χ2v) is 6.74. The van der Waals surface area contributed by atoms with Gasteiger partial charge in [-0.25, -0.2) is 0 Å². The fourth-order valence-electron chi connectivity index (χ4n) is 3.52. The highest BCUT2D eigenvalue weighted by Gasteiger charge is 2.27. The summed E-state index contributed by atoms with van der Waals surface area (Å²) in [6.07, 6.45) is 1.58. The molecule has 3 aromatic carbocycles. The van der Waals surface area contributed by atoms with E-state index >= 15 is 0 Å². The van der Waals surface area contributed by atoms with Crippen LogP contribution in [0.1, 0.15) is 11.1 Å². The summed E-state index contributed by atoms with van der Waals surface area (Å²) in [6, 6.07) is 25.0. The molecule has 1 fully saturated rings. The summed E-state index contributed by atoms with van der Waals surface area (Å²) < 4.78 is 0. The monoisotopic (exact) mass is 330 g/mol. The summed E-state index contributed by atoms with van der Waals surface area (Å²) in [5.74, 6) is 0.0980. The van der Waals surface area contributed by atoms with Crippen molar-refractivity contribution in [3.05, 3.63) is 83.9 Å². The van der Waals surface area contributed by atoms with Gasteiger partial charge in [-0.05, 0) is 34.7 Å². The van der Waals surface area contributed by atoms with Crippen molar-refractivity contribution in [2.45, 2.75) is 24.9 Å². The number of hydrogen-bond acceptors (Lipinski definition) is 2. The van der Waals surface area contributed by atoms with Crippen LogP contribution < -0.4 is 10.6 Å². The molecular weight excluding hydrogens is 308 g/mol. The minimum Gasteiger partial charge on any atom is -0.350 e. The largest absolute Gasteiger partial charge is 0.350 e. The highest BCUT2D eigenvalue weighted by molar-refractivity contribution is 5.84. The Hall–Kier alpha value is -2.65. The van der Waals surface area contributed by atoms with Crippen LogP contribution in [0.4, 0.5) is 0 Å². The summed E-state index contributed by atoms with van der Waals surface area (Å²) in [6.45, 7) is 0.802. The number of hydrogen-bond donors (Lipinski definition) is 2. The first kappa shape index (κ1) is 15.9. The van der Waals surface area contributed by atoms with Crippen LogP contribution in [0.5, 0.6) is 0 Å². The van der Waals surface area contributed by atoms with Gasteiger partial charge < -0.3 is 10.6 Å². The number of nitrogens with one attached hydrogen (secondary N) is 2. The molecule has 1 amide bonds. The number of fused-ring (bicyclic) bond motifs is 1. The molecule has 0 aromatic heterocycles. The summed E-state index contributed by atoms with van der Waals surface area (Å²) in [7, 11) is 0. The van der Waals surface area contributed by atoms with E-state index in [0.717, 1.165) is 19.4 Å². The number of piperazine rings is 1. The second-order valence-electron chi connectivity index (χ2n) is 6.74. The van der Waals surface area contributed by atoms with Crippen molar-refractivity contribution < 1.29 is 4.79 Å². The van der Waals surface area contributed by atoms with Crippen molar-refractivity contribution in [2.75, 3.05) is 6.54 Å². The predicted octanol–water partition coefficient (Wildman–Crippen LogP) is 3.08. The summed E-state index contributed by atoms with van der Waals surface area (Å²) in [4.78, 5) is 12.4. The van der Waals surface area contributed by atoms with Gasteiger partial charge in [0, 0.05) is 12.6 Å². The first-order chi connectivity index (χ1) is 12.3. The normalized spacial score (nSPS) is 20.4. The summed E-state index contributed by atoms with van der Waals surface area (Å²) in [5.41, 5.74) is 2.44. The molecule has 0 radical (unpaired) electrons. The SMILES string of the molecule is O=C1N[C@H](Cc2ccc3ccccc3c2)CN[C@H]1Cc1ccccc1. The van der Waals surface area contributed by atoms with Crippen LogP contribution in [0, 0.1) is 0 Å². The summed E-state index contributed by atoms with van der Waals surface area (Å²) >= 11 is 0. The lowest BCUT2D eigenvalue weighted by Gasteiger charge is -2.30. The Morgan fingerprint density at radius 2 is 1.56 bits per heavy atom. The number of amides is 1. The summed E-state index contributed by atoms with van der Waals surface area (Å²) in [5, 5.41) is 9.09. The number of carbonyl (C=O) groups is 1. The molecule has 2 N–H and O–H groups in total. The number of benzene rings is 3. The molecule has 1 aliphatic rings. The smallest absolute Gasteiger partial charge is 0.237 e. The van der Waals surface area contributed by atoms with Gasteiger partial charge in [-0.1, -0.05) is 72.8 Å². The van der Waals surface area contributed by atoms with Crippen LogP contribution in [-0.4, -0.2) is 24.5 Å². The second kappa shape index (κ2) is 7.08. The van der Waals surface area contributed by atoms with Crippen molar-refractivity contribution in [1.82, 2.24) is 10.6 Å². The minimum atomic E-state index is -0.143. The Kier molecular flexibility index (Phi) is 4.49. The molecule has 3 aromatic rings. The van der Waals surface area contributed by atoms with E-state index in [1.165, 1.54) is 21.9 Å². The average Bonchev–Trinajstić information content (AvgIpc) is 2.65. The van der Waals surface area contributed by atoms with Crippen LogP contribution in [-0.2, 0) is 17.6 Å². The maximum atomic E-state index is 12.4. The standard InChI is InChI=1S/C22H22N2O/c25-22-21(14-16-6-2-1-3-7-16)23-15-20(24-22)13-17-10-11-18-8-4-5-9-19(18)12-17/h1-12,20-21,23H,13-15H2,(H,24,25)/t20-,21+/m1/s1. The molecule has 4 rings (SSSR count). The third kappa shape index (κ3) is 3.72. The predicted molar refractivity (Wildman–Crippen MR) is 102 cm³/mol. The van der Waals surface area contributed by atoms with Crippen molar-refractivity contribution in [3.8, 4) is 0 Å². The molecule has 1 heterocycles. The molecular formula is C22H22N2O. The zero-order chi connectivity index (χ0) is 17.1. The third-order valence-corrected chi connectivity index (χ3v) is 4.85. The van der Waals surface area contributed by atoms with Gasteiger partial charge in [0.1, 0.15) is 0 Å². The minimum absolute atomic E-state index is 0.0980. The fourth-order valence-corrected chi connectivity index (χ4v) is 3.52. The van der Waals surface area contributed by atoms with Gasteiger partial charge in [-0.15, -0.1) is 0 Å². The van der Waals surface area contributed by atoms with E-state index < -0.39 is 0 Å². The molecule has 0 aliphatic carbocycles. The lowest BCUT2D eigenvalue weighted by Crippen LogP contribution is -2.59. The lowest BCUT2D eigenvalue weighted by molar-refractivity contribution is -0.125. The molecule has 0 saturated carbocycles. The molecule has 1 saturated heterocycles. The van der Waals surface area contributed by atoms with Crippen LogP contribution in [0.2, 0.25) is 0 Å². The van der Waals surface area contributed by atoms with E-state index in [1.807, 2.05) is 18.2 Å². The van der Waals surface area contributed by atoms with E-state index in [4.69, 9.17) is 0 Å². The van der Waals surface area contributed by atoms with Crippen molar-refractivity contribution in [2.24, 2.45) is 0 Å². The van der Waals surface area contributed by atoms with Gasteiger partial charge in [-0.2, -0.15) is 0 Å². The molecule has 3 nitrogen and oxygen atoms in total. The van der Waals surface area contributed by atoms with Gasteiger partial charge in [0.2, 0.25) is 5.91 Å². The van der Waals surface area contributed by atoms with Gasteiger partial charge in [0.25, 0.3) is 0 Å². The molecule has 2 atom stereocenters. The maximum Gasteiger partial charge on any atom is 0.237 e. The first-order valence-electron chi connectivity index (χ1n) is 8.83.